The van der Waals surface area contributed by atoms with E-state index in [1.54, 1.807) is 0 Å². The number of nitrogens with zero attached hydrogens (tertiary/aromatic N) is 1. The monoisotopic (exact) mass is 278 g/mol. The van der Waals surface area contributed by atoms with Gasteiger partial charge in [0, 0.05) is 24.1 Å². The number of benzene rings is 2. The second kappa shape index (κ2) is 4.77. The third-order valence-corrected chi connectivity index (χ3v) is 4.02. The largest absolute Gasteiger partial charge is 0.373 e. The molecule has 0 fully saturated rings. The van der Waals surface area contributed by atoms with E-state index in [0.717, 1.165) is 17.8 Å². The lowest BCUT2D eigenvalue weighted by atomic mass is 10.0. The van der Waals surface area contributed by atoms with Gasteiger partial charge >= 0.3 is 0 Å². The van der Waals surface area contributed by atoms with Crippen LogP contribution in [-0.4, -0.2) is 4.57 Å². The fraction of sp³-hybridized carbons (Fsp3) is 0.111. The molecule has 0 radical (unpaired) electrons. The van der Waals surface area contributed by atoms with Gasteiger partial charge in [-0.3, -0.25) is 0 Å². The molecule has 1 unspecified atom stereocenters. The highest BCUT2D eigenvalue weighted by atomic mass is 19.1. The van der Waals surface area contributed by atoms with Gasteiger partial charge in [0.1, 0.15) is 5.82 Å². The van der Waals surface area contributed by atoms with Crippen LogP contribution in [0.15, 0.2) is 66.9 Å². The van der Waals surface area contributed by atoms with E-state index in [-0.39, 0.29) is 11.9 Å². The van der Waals surface area contributed by atoms with E-state index in [1.165, 1.54) is 23.4 Å². The van der Waals surface area contributed by atoms with Crippen LogP contribution >= 0.6 is 0 Å². The summed E-state index contributed by atoms with van der Waals surface area (Å²) in [4.78, 5) is 0. The first-order valence-corrected chi connectivity index (χ1v) is 7.06. The zero-order valence-electron chi connectivity index (χ0n) is 11.5. The van der Waals surface area contributed by atoms with Crippen LogP contribution in [0.25, 0.3) is 0 Å². The average Bonchev–Trinajstić information content (AvgIpc) is 2.89. The lowest BCUT2D eigenvalue weighted by Crippen LogP contribution is -2.13. The van der Waals surface area contributed by atoms with Crippen molar-refractivity contribution in [2.45, 2.75) is 12.6 Å². The number of nitrogens with one attached hydrogen (secondary N) is 1. The van der Waals surface area contributed by atoms with Crippen LogP contribution in [0.5, 0.6) is 0 Å². The number of rotatable bonds is 1. The summed E-state index contributed by atoms with van der Waals surface area (Å²) in [6.07, 6.45) is 2.09. The van der Waals surface area contributed by atoms with Crippen molar-refractivity contribution in [1.82, 2.24) is 4.57 Å². The Morgan fingerprint density at radius 1 is 0.952 bits per heavy atom. The van der Waals surface area contributed by atoms with Crippen LogP contribution in [0, 0.1) is 5.82 Å². The maximum atomic E-state index is 13.2. The second-order valence-electron chi connectivity index (χ2n) is 5.35. The number of fused-ring (bicyclic) bond motifs is 2. The van der Waals surface area contributed by atoms with E-state index in [0.29, 0.717) is 0 Å². The highest BCUT2D eigenvalue weighted by Crippen LogP contribution is 2.32. The van der Waals surface area contributed by atoms with Crippen molar-refractivity contribution in [2.75, 3.05) is 5.32 Å². The normalized spacial score (nSPS) is 16.5. The summed E-state index contributed by atoms with van der Waals surface area (Å²) < 4.78 is 15.4. The Morgan fingerprint density at radius 3 is 2.62 bits per heavy atom. The summed E-state index contributed by atoms with van der Waals surface area (Å²) >= 11 is 0. The molecule has 2 aromatic carbocycles. The predicted octanol–water partition coefficient (Wildman–Crippen LogP) is 4.19. The fourth-order valence-electron chi connectivity index (χ4n) is 2.95. The van der Waals surface area contributed by atoms with Crippen molar-refractivity contribution in [3.63, 3.8) is 0 Å². The zero-order chi connectivity index (χ0) is 14.2. The molecule has 0 spiro atoms. The maximum absolute atomic E-state index is 13.2. The average molecular weight is 278 g/mol. The Balaban J connectivity index is 1.85. The van der Waals surface area contributed by atoms with Crippen LogP contribution in [0.3, 0.4) is 0 Å². The van der Waals surface area contributed by atoms with Gasteiger partial charge in [0.25, 0.3) is 0 Å². The Hall–Kier alpha value is -2.55. The maximum Gasteiger partial charge on any atom is 0.123 e. The Morgan fingerprint density at radius 2 is 1.76 bits per heavy atom. The number of halogens is 1. The molecule has 3 aromatic rings. The number of aromatic nitrogens is 1. The number of anilines is 1. The minimum atomic E-state index is -0.205. The molecule has 2 nitrogen and oxygen atoms in total. The van der Waals surface area contributed by atoms with Crippen LogP contribution in [0.4, 0.5) is 10.1 Å². The molecule has 0 amide bonds. The minimum absolute atomic E-state index is 0.0317. The molecule has 1 aromatic heterocycles. The molecule has 0 saturated heterocycles. The summed E-state index contributed by atoms with van der Waals surface area (Å²) in [5.74, 6) is -0.205. The molecule has 1 atom stereocenters. The van der Waals surface area contributed by atoms with Crippen LogP contribution in [0.1, 0.15) is 22.9 Å². The van der Waals surface area contributed by atoms with Gasteiger partial charge in [-0.1, -0.05) is 30.3 Å². The first-order valence-electron chi connectivity index (χ1n) is 7.06. The number of hydrogen-bond donors (Lipinski definition) is 1. The van der Waals surface area contributed by atoms with E-state index in [1.807, 2.05) is 18.2 Å². The summed E-state index contributed by atoms with van der Waals surface area (Å²) in [5, 5.41) is 3.59. The van der Waals surface area contributed by atoms with Crippen molar-refractivity contribution in [3.8, 4) is 0 Å². The molecule has 104 valence electrons. The molecule has 0 saturated carbocycles. The Kier molecular flexibility index (Phi) is 2.78. The van der Waals surface area contributed by atoms with Gasteiger partial charge in [0.05, 0.1) is 6.04 Å². The quantitative estimate of drug-likeness (QED) is 0.706. The third kappa shape index (κ3) is 2.11. The van der Waals surface area contributed by atoms with Gasteiger partial charge in [0.2, 0.25) is 0 Å². The van der Waals surface area contributed by atoms with E-state index >= 15 is 0 Å². The summed E-state index contributed by atoms with van der Waals surface area (Å²) in [6.45, 7) is 0.850. The van der Waals surface area contributed by atoms with Crippen LogP contribution < -0.4 is 5.32 Å². The molecule has 4 rings (SSSR count). The predicted molar refractivity (Wildman–Crippen MR) is 81.8 cm³/mol. The summed E-state index contributed by atoms with van der Waals surface area (Å²) in [7, 11) is 0. The molecule has 1 aliphatic rings. The topological polar surface area (TPSA) is 17.0 Å². The van der Waals surface area contributed by atoms with Crippen LogP contribution in [-0.2, 0) is 6.54 Å². The minimum Gasteiger partial charge on any atom is -0.373 e. The molecule has 3 heteroatoms. The van der Waals surface area contributed by atoms with Gasteiger partial charge in [-0.15, -0.1) is 0 Å². The van der Waals surface area contributed by atoms with E-state index in [2.05, 4.69) is 46.4 Å². The van der Waals surface area contributed by atoms with Gasteiger partial charge in [-0.2, -0.15) is 0 Å². The third-order valence-electron chi connectivity index (χ3n) is 4.02. The highest BCUT2D eigenvalue weighted by Gasteiger charge is 2.22. The first-order chi connectivity index (χ1) is 10.3. The SMILES string of the molecule is Fc1ccc(C2Nc3ccccc3Cn3cccc32)cc1. The zero-order valence-corrected chi connectivity index (χ0v) is 11.5. The lowest BCUT2D eigenvalue weighted by molar-refractivity contribution is 0.626. The molecule has 2 heterocycles. The first kappa shape index (κ1) is 12.2. The number of para-hydroxylation sites is 1. The van der Waals surface area contributed by atoms with Gasteiger partial charge in [-0.25, -0.2) is 4.39 Å². The van der Waals surface area contributed by atoms with E-state index in [4.69, 9.17) is 0 Å². The van der Waals surface area contributed by atoms with Gasteiger partial charge < -0.3 is 9.88 Å². The molecular weight excluding hydrogens is 263 g/mol. The summed E-state index contributed by atoms with van der Waals surface area (Å²) in [5.41, 5.74) is 4.65. The number of hydrogen-bond acceptors (Lipinski definition) is 1. The second-order valence-corrected chi connectivity index (χ2v) is 5.35. The Bertz CT molecular complexity index is 774. The van der Waals surface area contributed by atoms with Crippen molar-refractivity contribution >= 4 is 5.69 Å². The van der Waals surface area contributed by atoms with Gasteiger partial charge in [0.15, 0.2) is 0 Å². The van der Waals surface area contributed by atoms with Crippen molar-refractivity contribution in [3.05, 3.63) is 89.5 Å². The molecule has 0 aliphatic carbocycles. The van der Waals surface area contributed by atoms with Gasteiger partial charge in [-0.05, 0) is 41.5 Å². The van der Waals surface area contributed by atoms with Crippen LogP contribution in [0.2, 0.25) is 0 Å². The van der Waals surface area contributed by atoms with Crippen molar-refractivity contribution in [1.29, 1.82) is 0 Å². The molecule has 0 bridgehead atoms. The lowest BCUT2D eigenvalue weighted by Gasteiger charge is -2.19. The molecule has 1 aliphatic heterocycles. The van der Waals surface area contributed by atoms with E-state index in [9.17, 15) is 4.39 Å². The van der Waals surface area contributed by atoms with E-state index < -0.39 is 0 Å². The molecule has 21 heavy (non-hydrogen) atoms. The fourth-order valence-corrected chi connectivity index (χ4v) is 2.95. The Labute approximate surface area is 122 Å². The smallest absolute Gasteiger partial charge is 0.123 e. The molecule has 1 N–H and O–H groups in total. The highest BCUT2D eigenvalue weighted by molar-refractivity contribution is 5.56. The van der Waals surface area contributed by atoms with Crippen molar-refractivity contribution in [2.24, 2.45) is 0 Å². The van der Waals surface area contributed by atoms with Crippen molar-refractivity contribution < 1.29 is 4.39 Å². The molecular formula is C18H15FN2. The standard InChI is InChI=1S/C18H15FN2/c19-15-9-7-13(8-10-15)18-17-6-3-11-21(17)12-14-4-1-2-5-16(14)20-18/h1-11,18,20H,12H2. The summed E-state index contributed by atoms with van der Waals surface area (Å²) in [6, 6.07) is 19.3.